The second kappa shape index (κ2) is 4.27. The Morgan fingerprint density at radius 2 is 2.00 bits per heavy atom. The average molecular weight is 220 g/mol. The summed E-state index contributed by atoms with van der Waals surface area (Å²) >= 11 is 1.86. The van der Waals surface area contributed by atoms with Gasteiger partial charge in [0.15, 0.2) is 0 Å². The van der Waals surface area contributed by atoms with Crippen molar-refractivity contribution in [3.63, 3.8) is 0 Å². The third kappa shape index (κ3) is 2.53. The molecule has 0 aromatic heterocycles. The zero-order valence-electron chi connectivity index (χ0n) is 9.16. The molecule has 15 heavy (non-hydrogen) atoms. The van der Waals surface area contributed by atoms with Crippen LogP contribution in [0.15, 0.2) is 35.3 Å². The minimum Gasteiger partial charge on any atom is -0.374 e. The van der Waals surface area contributed by atoms with Crippen LogP contribution >= 0.6 is 11.8 Å². The third-order valence-corrected chi connectivity index (χ3v) is 3.65. The highest BCUT2D eigenvalue weighted by atomic mass is 32.2. The number of benzene rings is 1. The normalized spacial score (nSPS) is 16.3. The molecule has 1 aromatic rings. The standard InChI is InChI=1S/C12H16N2S/c1-12(2,11-13-8-9-15-11)14-10-6-4-3-5-7-10/h3-7,14H,8-9H2,1-2H3. The molecule has 1 N–H and O–H groups in total. The molecule has 1 aliphatic rings. The van der Waals surface area contributed by atoms with Crippen LogP contribution in [0.25, 0.3) is 0 Å². The van der Waals surface area contributed by atoms with Crippen LogP contribution in [0.4, 0.5) is 5.69 Å². The SMILES string of the molecule is CC(C)(Nc1ccccc1)C1=NCCS1. The van der Waals surface area contributed by atoms with Crippen LogP contribution in [0.3, 0.4) is 0 Å². The van der Waals surface area contributed by atoms with Gasteiger partial charge in [-0.1, -0.05) is 18.2 Å². The van der Waals surface area contributed by atoms with Gasteiger partial charge in [0.25, 0.3) is 0 Å². The van der Waals surface area contributed by atoms with E-state index in [4.69, 9.17) is 0 Å². The zero-order chi connectivity index (χ0) is 10.7. The number of anilines is 1. The van der Waals surface area contributed by atoms with Gasteiger partial charge in [-0.15, -0.1) is 11.8 Å². The van der Waals surface area contributed by atoms with Crippen LogP contribution in [0.5, 0.6) is 0 Å². The molecule has 2 nitrogen and oxygen atoms in total. The van der Waals surface area contributed by atoms with Crippen molar-refractivity contribution in [1.82, 2.24) is 0 Å². The summed E-state index contributed by atoms with van der Waals surface area (Å²) in [5, 5.41) is 4.72. The highest BCUT2D eigenvalue weighted by molar-refractivity contribution is 8.14. The molecule has 2 rings (SSSR count). The average Bonchev–Trinajstić information content (AvgIpc) is 2.71. The van der Waals surface area contributed by atoms with Gasteiger partial charge in [-0.3, -0.25) is 4.99 Å². The monoisotopic (exact) mass is 220 g/mol. The van der Waals surface area contributed by atoms with Gasteiger partial charge in [-0.25, -0.2) is 0 Å². The van der Waals surface area contributed by atoms with E-state index in [1.807, 2.05) is 30.0 Å². The molecule has 0 spiro atoms. The molecule has 80 valence electrons. The van der Waals surface area contributed by atoms with E-state index in [1.54, 1.807) is 0 Å². The molecular formula is C12H16N2S. The lowest BCUT2D eigenvalue weighted by atomic mass is 10.1. The molecule has 3 heteroatoms. The van der Waals surface area contributed by atoms with E-state index in [-0.39, 0.29) is 5.54 Å². The molecule has 1 aliphatic heterocycles. The maximum atomic E-state index is 4.52. The fourth-order valence-electron chi connectivity index (χ4n) is 1.65. The Hall–Kier alpha value is -0.960. The first kappa shape index (κ1) is 10.6. The van der Waals surface area contributed by atoms with Gasteiger partial charge >= 0.3 is 0 Å². The van der Waals surface area contributed by atoms with Gasteiger partial charge in [-0.05, 0) is 26.0 Å². The summed E-state index contributed by atoms with van der Waals surface area (Å²) in [6.45, 7) is 5.31. The Bertz CT molecular complexity index is 357. The van der Waals surface area contributed by atoms with Gasteiger partial charge in [0.1, 0.15) is 0 Å². The number of aliphatic imine (C=N–C) groups is 1. The summed E-state index contributed by atoms with van der Waals surface area (Å²) in [5.74, 6) is 1.12. The lowest BCUT2D eigenvalue weighted by Gasteiger charge is -2.27. The predicted octanol–water partition coefficient (Wildman–Crippen LogP) is 3.02. The van der Waals surface area contributed by atoms with Crippen LogP contribution in [0.1, 0.15) is 13.8 Å². The quantitative estimate of drug-likeness (QED) is 0.846. The van der Waals surface area contributed by atoms with Crippen LogP contribution in [-0.4, -0.2) is 22.9 Å². The molecule has 0 aliphatic carbocycles. The van der Waals surface area contributed by atoms with Gasteiger partial charge in [-0.2, -0.15) is 0 Å². The Balaban J connectivity index is 2.10. The third-order valence-electron chi connectivity index (χ3n) is 2.35. The number of para-hydroxylation sites is 1. The topological polar surface area (TPSA) is 24.4 Å². The summed E-state index contributed by atoms with van der Waals surface area (Å²) in [5.41, 5.74) is 1.10. The molecule has 1 heterocycles. The second-order valence-corrected chi connectivity index (χ2v) is 5.23. The second-order valence-electron chi connectivity index (χ2n) is 4.15. The number of nitrogens with zero attached hydrogens (tertiary/aromatic N) is 1. The van der Waals surface area contributed by atoms with Crippen molar-refractivity contribution >= 4 is 22.5 Å². The minimum absolute atomic E-state index is 0.0531. The van der Waals surface area contributed by atoms with Crippen LogP contribution in [-0.2, 0) is 0 Å². The maximum Gasteiger partial charge on any atom is 0.0925 e. The van der Waals surface area contributed by atoms with Gasteiger partial charge in [0, 0.05) is 18.0 Å². The fourth-order valence-corrected chi connectivity index (χ4v) is 2.62. The predicted molar refractivity (Wildman–Crippen MR) is 68.9 cm³/mol. The summed E-state index contributed by atoms with van der Waals surface area (Å²) in [6, 6.07) is 10.3. The Morgan fingerprint density at radius 3 is 2.60 bits per heavy atom. The molecule has 0 fully saturated rings. The van der Waals surface area contributed by atoms with Crippen molar-refractivity contribution < 1.29 is 0 Å². The summed E-state index contributed by atoms with van der Waals surface area (Å²) in [7, 11) is 0. The molecular weight excluding hydrogens is 204 g/mol. The fraction of sp³-hybridized carbons (Fsp3) is 0.417. The first-order valence-electron chi connectivity index (χ1n) is 5.19. The summed E-state index contributed by atoms with van der Waals surface area (Å²) in [6.07, 6.45) is 0. The Kier molecular flexibility index (Phi) is 3.00. The van der Waals surface area contributed by atoms with Crippen molar-refractivity contribution in [1.29, 1.82) is 0 Å². The van der Waals surface area contributed by atoms with E-state index in [9.17, 15) is 0 Å². The van der Waals surface area contributed by atoms with E-state index in [0.29, 0.717) is 0 Å². The highest BCUT2D eigenvalue weighted by Gasteiger charge is 2.27. The zero-order valence-corrected chi connectivity index (χ0v) is 9.97. The Labute approximate surface area is 95.2 Å². The summed E-state index contributed by atoms with van der Waals surface area (Å²) in [4.78, 5) is 4.52. The molecule has 1 aromatic carbocycles. The van der Waals surface area contributed by atoms with Crippen molar-refractivity contribution in [2.75, 3.05) is 17.6 Å². The minimum atomic E-state index is -0.0531. The number of thioether (sulfide) groups is 1. The first-order chi connectivity index (χ1) is 7.18. The number of hydrogen-bond acceptors (Lipinski definition) is 3. The molecule has 0 bridgehead atoms. The van der Waals surface area contributed by atoms with E-state index in [2.05, 4.69) is 36.3 Å². The van der Waals surface area contributed by atoms with Crippen LogP contribution in [0.2, 0.25) is 0 Å². The molecule has 0 atom stereocenters. The Morgan fingerprint density at radius 1 is 1.27 bits per heavy atom. The smallest absolute Gasteiger partial charge is 0.0925 e. The maximum absolute atomic E-state index is 4.52. The molecule has 0 amide bonds. The van der Waals surface area contributed by atoms with E-state index < -0.39 is 0 Å². The van der Waals surface area contributed by atoms with Gasteiger partial charge in [0.05, 0.1) is 10.6 Å². The van der Waals surface area contributed by atoms with Gasteiger partial charge in [0.2, 0.25) is 0 Å². The van der Waals surface area contributed by atoms with Crippen molar-refractivity contribution in [3.05, 3.63) is 30.3 Å². The molecule has 0 radical (unpaired) electrons. The molecule has 0 saturated heterocycles. The number of nitrogens with one attached hydrogen (secondary N) is 1. The van der Waals surface area contributed by atoms with E-state index in [1.165, 1.54) is 5.04 Å². The summed E-state index contributed by atoms with van der Waals surface area (Å²) < 4.78 is 0. The van der Waals surface area contributed by atoms with E-state index >= 15 is 0 Å². The van der Waals surface area contributed by atoms with E-state index in [0.717, 1.165) is 18.0 Å². The molecule has 0 unspecified atom stereocenters. The largest absolute Gasteiger partial charge is 0.374 e. The van der Waals surface area contributed by atoms with Crippen molar-refractivity contribution in [2.45, 2.75) is 19.4 Å². The van der Waals surface area contributed by atoms with Crippen LogP contribution in [0, 0.1) is 0 Å². The number of rotatable bonds is 3. The number of hydrogen-bond donors (Lipinski definition) is 1. The van der Waals surface area contributed by atoms with Crippen molar-refractivity contribution in [3.8, 4) is 0 Å². The highest BCUT2D eigenvalue weighted by Crippen LogP contribution is 2.25. The van der Waals surface area contributed by atoms with Gasteiger partial charge < -0.3 is 5.32 Å². The lowest BCUT2D eigenvalue weighted by Crippen LogP contribution is -2.37. The first-order valence-corrected chi connectivity index (χ1v) is 6.18. The lowest BCUT2D eigenvalue weighted by molar-refractivity contribution is 0.769. The van der Waals surface area contributed by atoms with Crippen molar-refractivity contribution in [2.24, 2.45) is 4.99 Å². The molecule has 0 saturated carbocycles. The van der Waals surface area contributed by atoms with Crippen LogP contribution < -0.4 is 5.32 Å².